The summed E-state index contributed by atoms with van der Waals surface area (Å²) >= 11 is 0. The van der Waals surface area contributed by atoms with Crippen molar-refractivity contribution in [3.63, 3.8) is 0 Å². The van der Waals surface area contributed by atoms with Gasteiger partial charge >= 0.3 is 0 Å². The topological polar surface area (TPSA) is 59.7 Å². The van der Waals surface area contributed by atoms with Crippen LogP contribution < -0.4 is 4.74 Å². The number of phenolic OH excluding ortho intramolecular Hbond substituents is 1. The van der Waals surface area contributed by atoms with E-state index >= 15 is 0 Å². The van der Waals surface area contributed by atoms with Crippen molar-refractivity contribution in [3.05, 3.63) is 78.6 Å². The molecule has 2 heterocycles. The highest BCUT2D eigenvalue weighted by Crippen LogP contribution is 2.20. The van der Waals surface area contributed by atoms with Crippen molar-refractivity contribution in [2.24, 2.45) is 0 Å². The third kappa shape index (κ3) is 3.28. The molecule has 5 nitrogen and oxygen atoms in total. The van der Waals surface area contributed by atoms with E-state index in [4.69, 9.17) is 4.74 Å². The Morgan fingerprint density at radius 2 is 1.72 bits per heavy atom. The number of fused-ring (bicyclic) bond motifs is 1. The minimum Gasteiger partial charge on any atom is -0.508 e. The second kappa shape index (κ2) is 6.24. The normalized spacial score (nSPS) is 10.9. The quantitative estimate of drug-likeness (QED) is 0.616. The van der Waals surface area contributed by atoms with Crippen LogP contribution in [0, 0.1) is 5.82 Å². The molecule has 0 saturated heterocycles. The van der Waals surface area contributed by atoms with Gasteiger partial charge in [-0.1, -0.05) is 12.1 Å². The second-order valence-corrected chi connectivity index (χ2v) is 5.57. The summed E-state index contributed by atoms with van der Waals surface area (Å²) < 4.78 is 20.5. The molecule has 0 radical (unpaired) electrons. The molecule has 4 aromatic rings. The van der Waals surface area contributed by atoms with Crippen LogP contribution in [0.4, 0.5) is 4.39 Å². The first-order valence-electron chi connectivity index (χ1n) is 7.69. The Labute approximate surface area is 143 Å². The summed E-state index contributed by atoms with van der Waals surface area (Å²) in [6.07, 6.45) is 5.45. The van der Waals surface area contributed by atoms with Crippen LogP contribution in [-0.2, 0) is 6.61 Å². The molecule has 0 aliphatic carbocycles. The van der Waals surface area contributed by atoms with Crippen molar-refractivity contribution in [1.29, 1.82) is 0 Å². The predicted octanol–water partition coefficient (Wildman–Crippen LogP) is 3.82. The molecule has 25 heavy (non-hydrogen) atoms. The first-order chi connectivity index (χ1) is 12.2. The molecule has 6 heteroatoms. The van der Waals surface area contributed by atoms with Crippen molar-refractivity contribution in [2.75, 3.05) is 0 Å². The molecule has 2 aromatic heterocycles. The summed E-state index contributed by atoms with van der Waals surface area (Å²) in [5.41, 5.74) is 2.49. The summed E-state index contributed by atoms with van der Waals surface area (Å²) in [6.45, 7) is 0.292. The van der Waals surface area contributed by atoms with Gasteiger partial charge in [0.2, 0.25) is 5.78 Å². The van der Waals surface area contributed by atoms with Gasteiger partial charge in [-0.25, -0.2) is 14.4 Å². The number of nitrogens with zero attached hydrogens (tertiary/aromatic N) is 3. The highest BCUT2D eigenvalue weighted by atomic mass is 19.1. The number of hydrogen-bond donors (Lipinski definition) is 1. The van der Waals surface area contributed by atoms with Crippen LogP contribution in [-0.4, -0.2) is 19.5 Å². The predicted molar refractivity (Wildman–Crippen MR) is 90.8 cm³/mol. The Balaban J connectivity index is 1.55. The number of benzene rings is 2. The number of phenols is 1. The fraction of sp³-hybridized carbons (Fsp3) is 0.0526. The lowest BCUT2D eigenvalue weighted by Crippen LogP contribution is -1.95. The molecule has 0 spiro atoms. The van der Waals surface area contributed by atoms with Gasteiger partial charge in [-0.3, -0.25) is 4.40 Å². The van der Waals surface area contributed by atoms with Gasteiger partial charge in [0.1, 0.15) is 23.9 Å². The number of rotatable bonds is 4. The molecule has 0 saturated carbocycles. The summed E-state index contributed by atoms with van der Waals surface area (Å²) in [4.78, 5) is 8.75. The van der Waals surface area contributed by atoms with E-state index in [1.165, 1.54) is 12.1 Å². The second-order valence-electron chi connectivity index (χ2n) is 5.57. The van der Waals surface area contributed by atoms with E-state index in [0.29, 0.717) is 18.1 Å². The molecule has 2 aromatic carbocycles. The van der Waals surface area contributed by atoms with E-state index in [0.717, 1.165) is 16.8 Å². The first-order valence-corrected chi connectivity index (χ1v) is 7.69. The van der Waals surface area contributed by atoms with Crippen LogP contribution in [0.5, 0.6) is 11.5 Å². The Morgan fingerprint density at radius 1 is 0.960 bits per heavy atom. The van der Waals surface area contributed by atoms with E-state index in [1.54, 1.807) is 42.6 Å². The molecule has 0 fully saturated rings. The standard InChI is InChI=1S/C19H14FN3O2/c20-15-3-1-13(2-4-15)14-9-21-19-22-16(11-23(19)10-14)12-25-18-7-5-17(24)6-8-18/h1-11,24H,12H2. The van der Waals surface area contributed by atoms with Crippen LogP contribution in [0.3, 0.4) is 0 Å². The fourth-order valence-electron chi connectivity index (χ4n) is 2.49. The molecule has 1 N–H and O–H groups in total. The highest BCUT2D eigenvalue weighted by Gasteiger charge is 2.06. The summed E-state index contributed by atoms with van der Waals surface area (Å²) in [5.74, 6) is 1.14. The van der Waals surface area contributed by atoms with Crippen molar-refractivity contribution in [3.8, 4) is 22.6 Å². The van der Waals surface area contributed by atoms with Gasteiger partial charge in [0.25, 0.3) is 0 Å². The molecule has 0 aliphatic heterocycles. The van der Waals surface area contributed by atoms with Crippen LogP contribution in [0.1, 0.15) is 5.69 Å². The smallest absolute Gasteiger partial charge is 0.234 e. The number of halogens is 1. The number of hydrogen-bond acceptors (Lipinski definition) is 4. The van der Waals surface area contributed by atoms with Gasteiger partial charge in [-0.2, -0.15) is 0 Å². The van der Waals surface area contributed by atoms with Crippen molar-refractivity contribution in [2.45, 2.75) is 6.61 Å². The van der Waals surface area contributed by atoms with Gasteiger partial charge in [0, 0.05) is 24.2 Å². The first kappa shape index (κ1) is 15.1. The molecule has 0 atom stereocenters. The van der Waals surface area contributed by atoms with Crippen LogP contribution in [0.25, 0.3) is 16.9 Å². The third-order valence-corrected chi connectivity index (χ3v) is 3.76. The summed E-state index contributed by atoms with van der Waals surface area (Å²) in [7, 11) is 0. The molecule has 4 rings (SSSR count). The Kier molecular flexibility index (Phi) is 3.78. The fourth-order valence-corrected chi connectivity index (χ4v) is 2.49. The van der Waals surface area contributed by atoms with Crippen LogP contribution in [0.15, 0.2) is 67.1 Å². The SMILES string of the molecule is Oc1ccc(OCc2cn3cc(-c4ccc(F)cc4)cnc3n2)cc1. The van der Waals surface area contributed by atoms with Crippen molar-refractivity contribution in [1.82, 2.24) is 14.4 Å². The largest absolute Gasteiger partial charge is 0.508 e. The van der Waals surface area contributed by atoms with Crippen LogP contribution in [0.2, 0.25) is 0 Å². The van der Waals surface area contributed by atoms with Gasteiger partial charge in [-0.05, 0) is 42.0 Å². The summed E-state index contributed by atoms with van der Waals surface area (Å²) in [5, 5.41) is 9.27. The Bertz CT molecular complexity index is 1010. The number of aromatic hydroxyl groups is 1. The maximum atomic E-state index is 13.0. The maximum absolute atomic E-state index is 13.0. The molecule has 0 amide bonds. The lowest BCUT2D eigenvalue weighted by molar-refractivity contribution is 0.301. The highest BCUT2D eigenvalue weighted by molar-refractivity contribution is 5.62. The lowest BCUT2D eigenvalue weighted by atomic mass is 10.1. The lowest BCUT2D eigenvalue weighted by Gasteiger charge is -2.03. The molecule has 0 aliphatic rings. The number of aromatic nitrogens is 3. The third-order valence-electron chi connectivity index (χ3n) is 3.76. The van der Waals surface area contributed by atoms with E-state index in [-0.39, 0.29) is 11.6 Å². The van der Waals surface area contributed by atoms with Gasteiger partial charge in [0.15, 0.2) is 0 Å². The number of imidazole rings is 1. The zero-order valence-electron chi connectivity index (χ0n) is 13.1. The van der Waals surface area contributed by atoms with E-state index < -0.39 is 0 Å². The van der Waals surface area contributed by atoms with E-state index in [9.17, 15) is 9.50 Å². The molecule has 124 valence electrons. The molecular formula is C19H14FN3O2. The van der Waals surface area contributed by atoms with Gasteiger partial charge < -0.3 is 9.84 Å². The molecule has 0 unspecified atom stereocenters. The van der Waals surface area contributed by atoms with Crippen molar-refractivity contribution < 1.29 is 14.2 Å². The zero-order chi connectivity index (χ0) is 17.2. The minimum absolute atomic E-state index is 0.192. The van der Waals surface area contributed by atoms with Gasteiger partial charge in [-0.15, -0.1) is 0 Å². The minimum atomic E-state index is -0.269. The van der Waals surface area contributed by atoms with E-state index in [1.807, 2.05) is 16.8 Å². The monoisotopic (exact) mass is 335 g/mol. The molecule has 0 bridgehead atoms. The van der Waals surface area contributed by atoms with Gasteiger partial charge in [0.05, 0.1) is 5.69 Å². The molecular weight excluding hydrogens is 321 g/mol. The average molecular weight is 335 g/mol. The zero-order valence-corrected chi connectivity index (χ0v) is 13.1. The Hall–Kier alpha value is -3.41. The van der Waals surface area contributed by atoms with Crippen LogP contribution >= 0.6 is 0 Å². The Morgan fingerprint density at radius 3 is 2.48 bits per heavy atom. The van der Waals surface area contributed by atoms with Crippen molar-refractivity contribution >= 4 is 5.78 Å². The van der Waals surface area contributed by atoms with E-state index in [2.05, 4.69) is 9.97 Å². The maximum Gasteiger partial charge on any atom is 0.234 e. The summed E-state index contributed by atoms with van der Waals surface area (Å²) in [6, 6.07) is 12.8. The number of ether oxygens (including phenoxy) is 1. The average Bonchev–Trinajstić information content (AvgIpc) is 3.04.